The molecule has 15 heavy (non-hydrogen) atoms. The lowest BCUT2D eigenvalue weighted by atomic mass is 10.1. The SMILES string of the molecule is C/C=C1/CC(C(=O)OCC)=C(C(C)C)O1. The van der Waals surface area contributed by atoms with Gasteiger partial charge in [0.15, 0.2) is 0 Å². The van der Waals surface area contributed by atoms with Gasteiger partial charge in [-0.2, -0.15) is 0 Å². The van der Waals surface area contributed by atoms with E-state index in [0.29, 0.717) is 18.6 Å². The molecule has 0 atom stereocenters. The number of ether oxygens (including phenoxy) is 2. The Morgan fingerprint density at radius 2 is 2.27 bits per heavy atom. The first kappa shape index (κ1) is 11.8. The summed E-state index contributed by atoms with van der Waals surface area (Å²) in [4.78, 5) is 11.6. The Kier molecular flexibility index (Phi) is 3.95. The van der Waals surface area contributed by atoms with E-state index < -0.39 is 0 Å². The van der Waals surface area contributed by atoms with Gasteiger partial charge in [-0.15, -0.1) is 0 Å². The predicted octanol–water partition coefficient (Wildman–Crippen LogP) is 2.78. The fourth-order valence-electron chi connectivity index (χ4n) is 1.52. The minimum atomic E-state index is -0.252. The van der Waals surface area contributed by atoms with Crippen molar-refractivity contribution >= 4 is 5.97 Å². The Labute approximate surface area is 90.8 Å². The third-order valence-electron chi connectivity index (χ3n) is 2.26. The monoisotopic (exact) mass is 210 g/mol. The molecule has 0 aromatic heterocycles. The van der Waals surface area contributed by atoms with Gasteiger partial charge in [-0.3, -0.25) is 0 Å². The molecule has 0 bridgehead atoms. The third kappa shape index (κ3) is 2.61. The number of rotatable bonds is 3. The summed E-state index contributed by atoms with van der Waals surface area (Å²) in [6.45, 7) is 8.13. The second-order valence-electron chi connectivity index (χ2n) is 3.75. The zero-order valence-electron chi connectivity index (χ0n) is 9.79. The molecule has 0 saturated heterocycles. The van der Waals surface area contributed by atoms with Crippen molar-refractivity contribution in [3.05, 3.63) is 23.2 Å². The molecule has 0 spiro atoms. The first-order chi connectivity index (χ1) is 7.10. The minimum Gasteiger partial charge on any atom is -0.465 e. The van der Waals surface area contributed by atoms with E-state index in [1.165, 1.54) is 0 Å². The van der Waals surface area contributed by atoms with Crippen molar-refractivity contribution in [2.24, 2.45) is 5.92 Å². The number of hydrogen-bond donors (Lipinski definition) is 0. The normalized spacial score (nSPS) is 18.6. The second kappa shape index (κ2) is 5.01. The van der Waals surface area contributed by atoms with Crippen LogP contribution in [0.5, 0.6) is 0 Å². The van der Waals surface area contributed by atoms with E-state index in [-0.39, 0.29) is 11.9 Å². The Morgan fingerprint density at radius 1 is 1.60 bits per heavy atom. The van der Waals surface area contributed by atoms with E-state index >= 15 is 0 Å². The molecule has 0 aromatic rings. The second-order valence-corrected chi connectivity index (χ2v) is 3.75. The molecular weight excluding hydrogens is 192 g/mol. The summed E-state index contributed by atoms with van der Waals surface area (Å²) in [7, 11) is 0. The largest absolute Gasteiger partial charge is 0.465 e. The molecule has 0 radical (unpaired) electrons. The molecule has 1 rings (SSSR count). The van der Waals surface area contributed by atoms with Gasteiger partial charge in [0.05, 0.1) is 12.2 Å². The lowest BCUT2D eigenvalue weighted by Gasteiger charge is -2.08. The van der Waals surface area contributed by atoms with E-state index in [0.717, 1.165) is 11.5 Å². The van der Waals surface area contributed by atoms with Gasteiger partial charge >= 0.3 is 5.97 Å². The molecule has 1 aliphatic heterocycles. The Balaban J connectivity index is 2.90. The third-order valence-corrected chi connectivity index (χ3v) is 2.26. The van der Waals surface area contributed by atoms with Gasteiger partial charge in [0.25, 0.3) is 0 Å². The fraction of sp³-hybridized carbons (Fsp3) is 0.583. The van der Waals surface area contributed by atoms with Crippen molar-refractivity contribution in [3.8, 4) is 0 Å². The van der Waals surface area contributed by atoms with E-state index in [1.54, 1.807) is 6.92 Å². The molecule has 0 unspecified atom stereocenters. The number of esters is 1. The summed E-state index contributed by atoms with van der Waals surface area (Å²) >= 11 is 0. The highest BCUT2D eigenvalue weighted by Crippen LogP contribution is 2.33. The van der Waals surface area contributed by atoms with Crippen LogP contribution in [0, 0.1) is 5.92 Å². The van der Waals surface area contributed by atoms with Gasteiger partial charge in [-0.05, 0) is 19.9 Å². The van der Waals surface area contributed by atoms with Crippen molar-refractivity contribution < 1.29 is 14.3 Å². The van der Waals surface area contributed by atoms with Crippen LogP contribution >= 0.6 is 0 Å². The van der Waals surface area contributed by atoms with E-state index in [4.69, 9.17) is 9.47 Å². The first-order valence-electron chi connectivity index (χ1n) is 5.33. The van der Waals surface area contributed by atoms with Crippen LogP contribution in [0.2, 0.25) is 0 Å². The number of carbonyl (C=O) groups excluding carboxylic acids is 1. The smallest absolute Gasteiger partial charge is 0.337 e. The molecule has 84 valence electrons. The molecular formula is C12H18O3. The molecule has 0 aliphatic carbocycles. The van der Waals surface area contributed by atoms with Crippen molar-refractivity contribution in [1.82, 2.24) is 0 Å². The maximum atomic E-state index is 11.6. The lowest BCUT2D eigenvalue weighted by molar-refractivity contribution is -0.138. The summed E-state index contributed by atoms with van der Waals surface area (Å²) in [5.74, 6) is 1.54. The first-order valence-corrected chi connectivity index (χ1v) is 5.33. The Hall–Kier alpha value is -1.25. The molecule has 1 aliphatic rings. The Bertz CT molecular complexity index is 311. The van der Waals surface area contributed by atoms with Crippen LogP contribution in [0.3, 0.4) is 0 Å². The van der Waals surface area contributed by atoms with Gasteiger partial charge in [-0.25, -0.2) is 4.79 Å². The maximum Gasteiger partial charge on any atom is 0.337 e. The summed E-state index contributed by atoms with van der Waals surface area (Å²) in [5, 5.41) is 0. The van der Waals surface area contributed by atoms with E-state index in [2.05, 4.69) is 0 Å². The molecule has 0 amide bonds. The molecule has 0 N–H and O–H groups in total. The van der Waals surface area contributed by atoms with Gasteiger partial charge in [0, 0.05) is 12.3 Å². The van der Waals surface area contributed by atoms with Gasteiger partial charge < -0.3 is 9.47 Å². The highest BCUT2D eigenvalue weighted by atomic mass is 16.5. The van der Waals surface area contributed by atoms with Crippen LogP contribution in [-0.2, 0) is 14.3 Å². The van der Waals surface area contributed by atoms with Crippen LogP contribution in [0.4, 0.5) is 0 Å². The number of hydrogen-bond acceptors (Lipinski definition) is 3. The van der Waals surface area contributed by atoms with Crippen molar-refractivity contribution in [3.63, 3.8) is 0 Å². The highest BCUT2D eigenvalue weighted by Gasteiger charge is 2.28. The summed E-state index contributed by atoms with van der Waals surface area (Å²) < 4.78 is 10.6. The predicted molar refractivity (Wildman–Crippen MR) is 58.0 cm³/mol. The quantitative estimate of drug-likeness (QED) is 0.672. The van der Waals surface area contributed by atoms with Crippen molar-refractivity contribution in [2.45, 2.75) is 34.1 Å². The standard InChI is InChI=1S/C12H18O3/c1-5-9-7-10(12(13)14-6-2)11(15-9)8(3)4/h5,8H,6-7H2,1-4H3/b9-5-. The maximum absolute atomic E-state index is 11.6. The van der Waals surface area contributed by atoms with E-state index in [1.807, 2.05) is 26.8 Å². The topological polar surface area (TPSA) is 35.5 Å². The molecule has 1 heterocycles. The molecule has 3 nitrogen and oxygen atoms in total. The number of carbonyl (C=O) groups is 1. The fourth-order valence-corrected chi connectivity index (χ4v) is 1.52. The zero-order chi connectivity index (χ0) is 11.4. The Morgan fingerprint density at radius 3 is 2.73 bits per heavy atom. The molecule has 0 aromatic carbocycles. The summed E-state index contributed by atoms with van der Waals surface area (Å²) in [6, 6.07) is 0. The average molecular weight is 210 g/mol. The van der Waals surface area contributed by atoms with Crippen LogP contribution in [0.25, 0.3) is 0 Å². The highest BCUT2D eigenvalue weighted by molar-refractivity contribution is 5.90. The minimum absolute atomic E-state index is 0.210. The van der Waals surface area contributed by atoms with Gasteiger partial charge in [-0.1, -0.05) is 13.8 Å². The van der Waals surface area contributed by atoms with Crippen LogP contribution in [0.15, 0.2) is 23.2 Å². The summed E-state index contributed by atoms with van der Waals surface area (Å²) in [6.07, 6.45) is 2.44. The summed E-state index contributed by atoms with van der Waals surface area (Å²) in [5.41, 5.74) is 0.667. The zero-order valence-corrected chi connectivity index (χ0v) is 9.79. The van der Waals surface area contributed by atoms with Crippen LogP contribution in [-0.4, -0.2) is 12.6 Å². The average Bonchev–Trinajstić information content (AvgIpc) is 2.61. The van der Waals surface area contributed by atoms with E-state index in [9.17, 15) is 4.79 Å². The molecule has 3 heteroatoms. The van der Waals surface area contributed by atoms with Gasteiger partial charge in [0.2, 0.25) is 0 Å². The molecule has 0 fully saturated rings. The lowest BCUT2D eigenvalue weighted by Crippen LogP contribution is -2.09. The van der Waals surface area contributed by atoms with Gasteiger partial charge in [0.1, 0.15) is 11.5 Å². The van der Waals surface area contributed by atoms with Crippen molar-refractivity contribution in [1.29, 1.82) is 0 Å². The molecule has 0 saturated carbocycles. The van der Waals surface area contributed by atoms with Crippen molar-refractivity contribution in [2.75, 3.05) is 6.61 Å². The van der Waals surface area contributed by atoms with Crippen LogP contribution in [0.1, 0.15) is 34.1 Å². The number of allylic oxidation sites excluding steroid dienone is 3. The van der Waals surface area contributed by atoms with Crippen LogP contribution < -0.4 is 0 Å².